The van der Waals surface area contributed by atoms with Crippen molar-refractivity contribution < 1.29 is 23.9 Å². The largest absolute Gasteiger partial charge is 0.444 e. The van der Waals surface area contributed by atoms with Crippen molar-refractivity contribution in [3.05, 3.63) is 101 Å². The summed E-state index contributed by atoms with van der Waals surface area (Å²) < 4.78 is 5.36. The van der Waals surface area contributed by atoms with Crippen molar-refractivity contribution in [3.63, 3.8) is 0 Å². The van der Waals surface area contributed by atoms with E-state index in [4.69, 9.17) is 4.74 Å². The van der Waals surface area contributed by atoms with Crippen molar-refractivity contribution in [2.75, 3.05) is 11.9 Å². The van der Waals surface area contributed by atoms with Crippen molar-refractivity contribution in [1.29, 1.82) is 0 Å². The number of ether oxygens (including phenoxy) is 1. The Kier molecular flexibility index (Phi) is 9.18. The van der Waals surface area contributed by atoms with Crippen LogP contribution in [-0.2, 0) is 33.7 Å². The molecule has 1 aliphatic rings. The van der Waals surface area contributed by atoms with Crippen LogP contribution >= 0.6 is 0 Å². The van der Waals surface area contributed by atoms with Gasteiger partial charge in [0.05, 0.1) is 0 Å². The Morgan fingerprint density at radius 2 is 1.63 bits per heavy atom. The molecule has 240 valence electrons. The molecule has 0 unspecified atom stereocenters. The highest BCUT2D eigenvalue weighted by atomic mass is 16.6. The number of nitrogens with zero attached hydrogens (tertiary/aromatic N) is 1. The molecule has 0 fully saturated rings. The lowest BCUT2D eigenvalue weighted by Gasteiger charge is -2.34. The van der Waals surface area contributed by atoms with Gasteiger partial charge in [-0.15, -0.1) is 0 Å². The summed E-state index contributed by atoms with van der Waals surface area (Å²) in [7, 11) is 0. The van der Waals surface area contributed by atoms with Crippen molar-refractivity contribution >= 4 is 40.4 Å². The third-order valence-electron chi connectivity index (χ3n) is 7.91. The van der Waals surface area contributed by atoms with Gasteiger partial charge < -0.3 is 30.6 Å². The lowest BCUT2D eigenvalue weighted by Crippen LogP contribution is -2.60. The molecular formula is C36H41N5O5. The highest BCUT2D eigenvalue weighted by Gasteiger charge is 2.36. The number of nitrogens with one attached hydrogen (secondary N) is 4. The number of carbonyl (C=O) groups is 4. The fourth-order valence-corrected chi connectivity index (χ4v) is 5.51. The predicted octanol–water partition coefficient (Wildman–Crippen LogP) is 5.34. The highest BCUT2D eigenvalue weighted by Crippen LogP contribution is 2.25. The summed E-state index contributed by atoms with van der Waals surface area (Å²) in [6.45, 7) is 9.17. The van der Waals surface area contributed by atoms with Crippen molar-refractivity contribution in [1.82, 2.24) is 20.5 Å². The first-order chi connectivity index (χ1) is 21.8. The van der Waals surface area contributed by atoms with Gasteiger partial charge in [0.2, 0.25) is 11.8 Å². The van der Waals surface area contributed by atoms with Gasteiger partial charge in [0.15, 0.2) is 0 Å². The van der Waals surface area contributed by atoms with Crippen molar-refractivity contribution in [2.24, 2.45) is 0 Å². The van der Waals surface area contributed by atoms with Crippen LogP contribution in [0.2, 0.25) is 0 Å². The van der Waals surface area contributed by atoms with E-state index in [1.807, 2.05) is 66.9 Å². The molecule has 1 aliphatic heterocycles. The Balaban J connectivity index is 1.35. The molecule has 46 heavy (non-hydrogen) atoms. The molecule has 10 nitrogen and oxygen atoms in total. The number of fused-ring (bicyclic) bond motifs is 2. The monoisotopic (exact) mass is 623 g/mol. The molecule has 0 bridgehead atoms. The van der Waals surface area contributed by atoms with Gasteiger partial charge in [0.1, 0.15) is 17.2 Å². The molecule has 10 heteroatoms. The van der Waals surface area contributed by atoms with Crippen molar-refractivity contribution in [2.45, 2.75) is 71.2 Å². The van der Waals surface area contributed by atoms with Crippen LogP contribution in [0.15, 0.2) is 79.0 Å². The Hall–Kier alpha value is -5.12. The molecule has 2 heterocycles. The highest BCUT2D eigenvalue weighted by molar-refractivity contribution is 6.04. The van der Waals surface area contributed by atoms with Crippen LogP contribution in [-0.4, -0.2) is 57.4 Å². The molecule has 4 aromatic rings. The molecule has 4 N–H and O–H groups in total. The quantitative estimate of drug-likeness (QED) is 0.211. The van der Waals surface area contributed by atoms with Crippen LogP contribution in [0.3, 0.4) is 0 Å². The number of H-pyrrole nitrogens is 1. The summed E-state index contributed by atoms with van der Waals surface area (Å²) in [4.78, 5) is 58.1. The number of anilines is 1. The lowest BCUT2D eigenvalue weighted by molar-refractivity contribution is -0.138. The number of hydrogen-bond acceptors (Lipinski definition) is 5. The second kappa shape index (κ2) is 13.1. The third-order valence-corrected chi connectivity index (χ3v) is 7.91. The first-order valence-electron chi connectivity index (χ1n) is 15.4. The van der Waals surface area contributed by atoms with E-state index in [1.54, 1.807) is 51.7 Å². The van der Waals surface area contributed by atoms with E-state index in [-0.39, 0.29) is 18.2 Å². The number of benzene rings is 3. The predicted molar refractivity (Wildman–Crippen MR) is 177 cm³/mol. The Bertz CT molecular complexity index is 1760. The first-order valence-corrected chi connectivity index (χ1v) is 15.4. The molecule has 0 saturated heterocycles. The third kappa shape index (κ3) is 7.74. The topological polar surface area (TPSA) is 133 Å². The maximum atomic E-state index is 14.2. The Labute approximate surface area is 268 Å². The zero-order chi connectivity index (χ0) is 33.1. The molecule has 1 atom stereocenters. The number of aromatic amines is 1. The lowest BCUT2D eigenvalue weighted by atomic mass is 9.96. The minimum absolute atomic E-state index is 0.214. The molecular weight excluding hydrogens is 582 g/mol. The molecule has 0 spiro atoms. The average Bonchev–Trinajstić information content (AvgIpc) is 3.41. The van der Waals surface area contributed by atoms with Gasteiger partial charge in [-0.2, -0.15) is 0 Å². The summed E-state index contributed by atoms with van der Waals surface area (Å²) in [6.07, 6.45) is 2.00. The molecule has 0 aliphatic carbocycles. The molecule has 3 aromatic carbocycles. The summed E-state index contributed by atoms with van der Waals surface area (Å²) in [5, 5.41) is 9.47. The van der Waals surface area contributed by atoms with Gasteiger partial charge in [0, 0.05) is 47.9 Å². The second-order valence-electron chi connectivity index (χ2n) is 13.2. The van der Waals surface area contributed by atoms with Crippen LogP contribution < -0.4 is 16.0 Å². The molecule has 0 radical (unpaired) electrons. The van der Waals surface area contributed by atoms with E-state index in [0.717, 1.165) is 27.6 Å². The number of aromatic nitrogens is 1. The van der Waals surface area contributed by atoms with E-state index < -0.39 is 29.2 Å². The minimum Gasteiger partial charge on any atom is -0.444 e. The maximum absolute atomic E-state index is 14.2. The van der Waals surface area contributed by atoms with Crippen LogP contribution in [0.4, 0.5) is 10.5 Å². The first kappa shape index (κ1) is 32.3. The SMILES string of the molecule is CC(C)(C)OC(=O)NC(C)(C)C(=O)N[C@H](Cc1c[nH]c2ccccc12)C(=O)N1CCc2ccc(NC(=O)c3ccccc3)cc2C1. The van der Waals surface area contributed by atoms with Gasteiger partial charge >= 0.3 is 6.09 Å². The molecule has 0 saturated carbocycles. The van der Waals surface area contributed by atoms with Gasteiger partial charge in [-0.05, 0) is 88.1 Å². The van der Waals surface area contributed by atoms with Crippen LogP contribution in [0, 0.1) is 0 Å². The number of alkyl carbamates (subject to hydrolysis) is 1. The maximum Gasteiger partial charge on any atom is 0.408 e. The zero-order valence-electron chi connectivity index (χ0n) is 26.9. The fraction of sp³-hybridized carbons (Fsp3) is 0.333. The molecule has 1 aromatic heterocycles. The number of hydrogen-bond donors (Lipinski definition) is 4. The number of rotatable bonds is 8. The van der Waals surface area contributed by atoms with Crippen LogP contribution in [0.25, 0.3) is 10.9 Å². The number of para-hydroxylation sites is 1. The van der Waals surface area contributed by atoms with Gasteiger partial charge in [0.25, 0.3) is 5.91 Å². The fourth-order valence-electron chi connectivity index (χ4n) is 5.51. The second-order valence-corrected chi connectivity index (χ2v) is 13.2. The Morgan fingerprint density at radius 1 is 0.913 bits per heavy atom. The smallest absolute Gasteiger partial charge is 0.408 e. The normalized spacial score (nSPS) is 13.8. The molecule has 5 rings (SSSR count). The number of amides is 4. The zero-order valence-corrected chi connectivity index (χ0v) is 26.9. The summed E-state index contributed by atoms with van der Waals surface area (Å²) in [5.41, 5.74) is 2.93. The van der Waals surface area contributed by atoms with Gasteiger partial charge in [-0.3, -0.25) is 14.4 Å². The van der Waals surface area contributed by atoms with E-state index in [0.29, 0.717) is 30.8 Å². The average molecular weight is 624 g/mol. The minimum atomic E-state index is -1.36. The van der Waals surface area contributed by atoms with E-state index in [9.17, 15) is 19.2 Å². The summed E-state index contributed by atoms with van der Waals surface area (Å²) >= 11 is 0. The van der Waals surface area contributed by atoms with E-state index in [1.165, 1.54) is 0 Å². The van der Waals surface area contributed by atoms with Gasteiger partial charge in [-0.1, -0.05) is 42.5 Å². The van der Waals surface area contributed by atoms with Crippen LogP contribution in [0.5, 0.6) is 0 Å². The summed E-state index contributed by atoms with van der Waals surface area (Å²) in [6, 6.07) is 21.6. The van der Waals surface area contributed by atoms with E-state index >= 15 is 0 Å². The summed E-state index contributed by atoms with van der Waals surface area (Å²) in [5.74, 6) is -0.968. The van der Waals surface area contributed by atoms with Gasteiger partial charge in [-0.25, -0.2) is 4.79 Å². The van der Waals surface area contributed by atoms with E-state index in [2.05, 4.69) is 20.9 Å². The van der Waals surface area contributed by atoms with Crippen molar-refractivity contribution in [3.8, 4) is 0 Å². The standard InChI is InChI=1S/C36H41N5O5/c1-35(2,3)46-34(45)40-36(4,5)33(44)39-30(20-25-21-37-29-14-10-9-13-28(25)29)32(43)41-18-17-23-15-16-27(19-26(23)22-41)38-31(42)24-11-7-6-8-12-24/h6-16,19,21,30,37H,17-18,20,22H2,1-5H3,(H,38,42)(H,39,44)(H,40,45)/t30-/m1/s1. The molecule has 4 amide bonds. The van der Waals surface area contributed by atoms with Crippen LogP contribution in [0.1, 0.15) is 61.7 Å². The Morgan fingerprint density at radius 3 is 2.37 bits per heavy atom. The number of carbonyl (C=O) groups excluding carboxylic acids is 4.